The molecule has 3 heteroatoms. The van der Waals surface area contributed by atoms with E-state index in [2.05, 4.69) is 31.3 Å². The maximum Gasteiger partial charge on any atom is 0.331 e. The van der Waals surface area contributed by atoms with Crippen molar-refractivity contribution >= 4 is 11.7 Å². The van der Waals surface area contributed by atoms with Gasteiger partial charge in [0, 0.05) is 5.69 Å². The van der Waals surface area contributed by atoms with E-state index in [1.54, 1.807) is 0 Å². The quantitative estimate of drug-likeness (QED) is 0.846. The fourth-order valence-electron chi connectivity index (χ4n) is 3.15. The van der Waals surface area contributed by atoms with Gasteiger partial charge in [0.1, 0.15) is 5.54 Å². The van der Waals surface area contributed by atoms with Crippen molar-refractivity contribution in [2.75, 3.05) is 12.4 Å². The number of anilines is 1. The molecule has 110 valence electrons. The Labute approximate surface area is 121 Å². The lowest BCUT2D eigenvalue weighted by molar-refractivity contribution is -0.147. The van der Waals surface area contributed by atoms with Crippen LogP contribution in [0.15, 0.2) is 24.3 Å². The van der Waals surface area contributed by atoms with E-state index in [-0.39, 0.29) is 5.97 Å². The van der Waals surface area contributed by atoms with Crippen LogP contribution in [0.4, 0.5) is 5.69 Å². The van der Waals surface area contributed by atoms with Crippen LogP contribution < -0.4 is 5.32 Å². The highest BCUT2D eigenvalue weighted by atomic mass is 16.5. The molecule has 0 amide bonds. The number of benzene rings is 1. The molecule has 1 N–H and O–H groups in total. The summed E-state index contributed by atoms with van der Waals surface area (Å²) in [7, 11) is 1.48. The number of carbonyl (C=O) groups is 1. The summed E-state index contributed by atoms with van der Waals surface area (Å²) in [5.41, 5.74) is 1.65. The van der Waals surface area contributed by atoms with Crippen molar-refractivity contribution < 1.29 is 9.53 Å². The molecule has 0 aromatic heterocycles. The summed E-state index contributed by atoms with van der Waals surface area (Å²) >= 11 is 0. The topological polar surface area (TPSA) is 38.3 Å². The summed E-state index contributed by atoms with van der Waals surface area (Å²) in [6.45, 7) is 4.29. The smallest absolute Gasteiger partial charge is 0.331 e. The van der Waals surface area contributed by atoms with E-state index in [9.17, 15) is 4.79 Å². The monoisotopic (exact) mass is 275 g/mol. The molecule has 2 rings (SSSR count). The molecule has 0 radical (unpaired) electrons. The predicted octanol–water partition coefficient (Wildman–Crippen LogP) is 3.92. The molecular formula is C17H25NO2. The summed E-state index contributed by atoms with van der Waals surface area (Å²) < 4.78 is 5.06. The number of hydrogen-bond acceptors (Lipinski definition) is 3. The zero-order valence-corrected chi connectivity index (χ0v) is 12.7. The second kappa shape index (κ2) is 6.29. The summed E-state index contributed by atoms with van der Waals surface area (Å²) in [4.78, 5) is 12.3. The molecule has 3 nitrogen and oxygen atoms in total. The van der Waals surface area contributed by atoms with Crippen LogP contribution in [0.2, 0.25) is 0 Å². The van der Waals surface area contributed by atoms with Gasteiger partial charge in [0.05, 0.1) is 7.11 Å². The number of rotatable bonds is 4. The first kappa shape index (κ1) is 14.9. The Kier molecular flexibility index (Phi) is 4.69. The third kappa shape index (κ3) is 3.14. The van der Waals surface area contributed by atoms with Gasteiger partial charge in [-0.05, 0) is 56.2 Å². The highest BCUT2D eigenvalue weighted by Crippen LogP contribution is 2.37. The highest BCUT2D eigenvalue weighted by molar-refractivity contribution is 5.84. The van der Waals surface area contributed by atoms with Crippen molar-refractivity contribution in [2.24, 2.45) is 5.92 Å². The Morgan fingerprint density at radius 3 is 2.65 bits per heavy atom. The second-order valence-corrected chi connectivity index (χ2v) is 5.92. The van der Waals surface area contributed by atoms with Crippen LogP contribution in [0.3, 0.4) is 0 Å². The zero-order chi connectivity index (χ0) is 14.6. The molecule has 0 saturated heterocycles. The Hall–Kier alpha value is -1.51. The lowest BCUT2D eigenvalue weighted by atomic mass is 9.75. The molecule has 20 heavy (non-hydrogen) atoms. The van der Waals surface area contributed by atoms with Gasteiger partial charge in [0.2, 0.25) is 0 Å². The molecule has 0 aliphatic heterocycles. The molecule has 1 aromatic carbocycles. The van der Waals surface area contributed by atoms with Crippen molar-refractivity contribution in [3.63, 3.8) is 0 Å². The van der Waals surface area contributed by atoms with Gasteiger partial charge >= 0.3 is 5.97 Å². The number of ether oxygens (including phenoxy) is 1. The first-order chi connectivity index (χ1) is 9.59. The van der Waals surface area contributed by atoms with Crippen LogP contribution in [0.5, 0.6) is 0 Å². The van der Waals surface area contributed by atoms with Gasteiger partial charge in [-0.25, -0.2) is 4.79 Å². The van der Waals surface area contributed by atoms with Crippen molar-refractivity contribution in [3.8, 4) is 0 Å². The van der Waals surface area contributed by atoms with Crippen LogP contribution in [-0.4, -0.2) is 18.6 Å². The minimum atomic E-state index is -0.547. The number of esters is 1. The van der Waals surface area contributed by atoms with Crippen molar-refractivity contribution in [3.05, 3.63) is 29.8 Å². The van der Waals surface area contributed by atoms with E-state index < -0.39 is 5.54 Å². The van der Waals surface area contributed by atoms with Crippen molar-refractivity contribution in [1.82, 2.24) is 0 Å². The fourth-order valence-corrected chi connectivity index (χ4v) is 3.15. The molecule has 1 aliphatic rings. The molecule has 0 unspecified atom stereocenters. The second-order valence-electron chi connectivity index (χ2n) is 5.92. The van der Waals surface area contributed by atoms with Gasteiger partial charge in [0.25, 0.3) is 0 Å². The van der Waals surface area contributed by atoms with E-state index in [4.69, 9.17) is 4.74 Å². The number of carbonyl (C=O) groups excluding carboxylic acids is 1. The zero-order valence-electron chi connectivity index (χ0n) is 12.7. The first-order valence-corrected chi connectivity index (χ1v) is 7.53. The molecule has 1 aliphatic carbocycles. The molecule has 1 fully saturated rings. The Bertz CT molecular complexity index is 462. The van der Waals surface area contributed by atoms with Crippen LogP contribution in [0.25, 0.3) is 0 Å². The first-order valence-electron chi connectivity index (χ1n) is 7.53. The van der Waals surface area contributed by atoms with Crippen LogP contribution >= 0.6 is 0 Å². The third-order valence-electron chi connectivity index (χ3n) is 4.51. The molecular weight excluding hydrogens is 250 g/mol. The Morgan fingerprint density at radius 2 is 2.10 bits per heavy atom. The standard InChI is InChI=1S/C17H25NO2/c1-4-14-8-10-17(11-9-14,16(19)20-3)18-15-7-5-6-13(2)12-15/h5-7,12,14,18H,4,8-11H2,1-3H3. The van der Waals surface area contributed by atoms with E-state index in [1.165, 1.54) is 19.1 Å². The number of nitrogens with one attached hydrogen (secondary N) is 1. The van der Waals surface area contributed by atoms with Gasteiger partial charge in [-0.2, -0.15) is 0 Å². The maximum atomic E-state index is 12.3. The van der Waals surface area contributed by atoms with E-state index >= 15 is 0 Å². The molecule has 0 spiro atoms. The minimum absolute atomic E-state index is 0.131. The average Bonchev–Trinajstić information content (AvgIpc) is 2.47. The normalized spacial score (nSPS) is 26.1. The molecule has 0 heterocycles. The van der Waals surface area contributed by atoms with Crippen molar-refractivity contribution in [1.29, 1.82) is 0 Å². The average molecular weight is 275 g/mol. The maximum absolute atomic E-state index is 12.3. The minimum Gasteiger partial charge on any atom is -0.467 e. The highest BCUT2D eigenvalue weighted by Gasteiger charge is 2.42. The third-order valence-corrected chi connectivity index (χ3v) is 4.51. The number of aryl methyl sites for hydroxylation is 1. The van der Waals surface area contributed by atoms with Gasteiger partial charge < -0.3 is 10.1 Å². The molecule has 1 saturated carbocycles. The summed E-state index contributed by atoms with van der Waals surface area (Å²) in [5.74, 6) is 0.612. The van der Waals surface area contributed by atoms with Crippen molar-refractivity contribution in [2.45, 2.75) is 51.5 Å². The van der Waals surface area contributed by atoms with Gasteiger partial charge in [-0.1, -0.05) is 25.5 Å². The van der Waals surface area contributed by atoms with Crippen LogP contribution in [0.1, 0.15) is 44.6 Å². The fraction of sp³-hybridized carbons (Fsp3) is 0.588. The van der Waals surface area contributed by atoms with Gasteiger partial charge in [0.15, 0.2) is 0 Å². The molecule has 1 aromatic rings. The predicted molar refractivity (Wildman–Crippen MR) is 81.8 cm³/mol. The summed E-state index contributed by atoms with van der Waals surface area (Å²) in [5, 5.41) is 3.46. The lowest BCUT2D eigenvalue weighted by Crippen LogP contribution is -2.49. The van der Waals surface area contributed by atoms with Crippen LogP contribution in [-0.2, 0) is 9.53 Å². The Morgan fingerprint density at radius 1 is 1.40 bits per heavy atom. The van der Waals surface area contributed by atoms with E-state index in [0.717, 1.165) is 37.3 Å². The molecule has 0 atom stereocenters. The SMILES string of the molecule is CCC1CCC(Nc2cccc(C)c2)(C(=O)OC)CC1. The van der Waals surface area contributed by atoms with Crippen LogP contribution in [0, 0.1) is 12.8 Å². The number of methoxy groups -OCH3 is 1. The summed E-state index contributed by atoms with van der Waals surface area (Å²) in [6.07, 6.45) is 5.08. The lowest BCUT2D eigenvalue weighted by Gasteiger charge is -2.39. The van der Waals surface area contributed by atoms with Gasteiger partial charge in [-0.15, -0.1) is 0 Å². The largest absolute Gasteiger partial charge is 0.467 e. The molecule has 0 bridgehead atoms. The van der Waals surface area contributed by atoms with E-state index in [0.29, 0.717) is 0 Å². The van der Waals surface area contributed by atoms with Gasteiger partial charge in [-0.3, -0.25) is 0 Å². The Balaban J connectivity index is 2.18. The summed E-state index contributed by atoms with van der Waals surface area (Å²) in [6, 6.07) is 8.17. The van der Waals surface area contributed by atoms with E-state index in [1.807, 2.05) is 12.1 Å². The number of hydrogen-bond donors (Lipinski definition) is 1.